The molecule has 8 nitrogen and oxygen atoms in total. The largest absolute Gasteiger partial charge is 0.465 e. The van der Waals surface area contributed by atoms with E-state index in [2.05, 4.69) is 4.74 Å². The number of hydrogen-bond acceptors (Lipinski definition) is 6. The molecule has 0 aliphatic rings. The third kappa shape index (κ3) is 2.65. The Morgan fingerprint density at radius 3 is 2.75 bits per heavy atom. The van der Waals surface area contributed by atoms with Crippen LogP contribution >= 0.6 is 0 Å². The second kappa shape index (κ2) is 5.99. The van der Waals surface area contributed by atoms with Crippen LogP contribution in [0, 0.1) is 10.1 Å². The third-order valence-electron chi connectivity index (χ3n) is 3.61. The minimum absolute atomic E-state index is 0.0133. The third-order valence-corrected chi connectivity index (χ3v) is 3.61. The first-order valence-electron chi connectivity index (χ1n) is 6.95. The molecule has 0 atom stereocenters. The van der Waals surface area contributed by atoms with Gasteiger partial charge >= 0.3 is 11.7 Å². The van der Waals surface area contributed by atoms with Crippen LogP contribution in [0.5, 0.6) is 0 Å². The lowest BCUT2D eigenvalue weighted by atomic mass is 10.1. The van der Waals surface area contributed by atoms with Gasteiger partial charge in [0.25, 0.3) is 5.69 Å². The number of rotatable bonds is 4. The van der Waals surface area contributed by atoms with Crippen molar-refractivity contribution in [1.82, 2.24) is 4.57 Å². The second-order valence-electron chi connectivity index (χ2n) is 5.01. The van der Waals surface area contributed by atoms with Crippen molar-refractivity contribution in [2.75, 3.05) is 7.11 Å². The molecule has 0 amide bonds. The van der Waals surface area contributed by atoms with Gasteiger partial charge in [-0.1, -0.05) is 18.2 Å². The Morgan fingerprint density at radius 1 is 1.29 bits per heavy atom. The Labute approximate surface area is 135 Å². The van der Waals surface area contributed by atoms with Crippen molar-refractivity contribution >= 4 is 22.8 Å². The maximum absolute atomic E-state index is 12.1. The smallest absolute Gasteiger partial charge is 0.420 e. The molecule has 0 fully saturated rings. The molecule has 3 rings (SSSR count). The van der Waals surface area contributed by atoms with Crippen molar-refractivity contribution < 1.29 is 18.9 Å². The van der Waals surface area contributed by atoms with E-state index in [4.69, 9.17) is 4.42 Å². The summed E-state index contributed by atoms with van der Waals surface area (Å²) in [7, 11) is 1.25. The SMILES string of the molecule is COC(=O)c1ccc2c(c1)oc(=O)n2Cc1ccccc1[N+](=O)[O-]. The summed E-state index contributed by atoms with van der Waals surface area (Å²) < 4.78 is 11.0. The number of para-hydroxylation sites is 1. The molecule has 0 spiro atoms. The van der Waals surface area contributed by atoms with E-state index in [-0.39, 0.29) is 23.4 Å². The van der Waals surface area contributed by atoms with E-state index >= 15 is 0 Å². The maximum atomic E-state index is 12.1. The van der Waals surface area contributed by atoms with Gasteiger partial charge in [-0.05, 0) is 18.2 Å². The summed E-state index contributed by atoms with van der Waals surface area (Å²) >= 11 is 0. The molecule has 8 heteroatoms. The molecular formula is C16H12N2O6. The molecular weight excluding hydrogens is 316 g/mol. The number of hydrogen-bond donors (Lipinski definition) is 0. The zero-order valence-corrected chi connectivity index (χ0v) is 12.6. The standard InChI is InChI=1S/C16H12N2O6/c1-23-15(19)10-6-7-13-14(8-10)24-16(20)17(13)9-11-4-2-3-5-12(11)18(21)22/h2-8H,9H2,1H3. The van der Waals surface area contributed by atoms with Gasteiger partial charge in [0.05, 0.1) is 29.7 Å². The summed E-state index contributed by atoms with van der Waals surface area (Å²) in [5.74, 6) is -1.21. The number of oxazole rings is 1. The van der Waals surface area contributed by atoms with Crippen LogP contribution in [-0.2, 0) is 11.3 Å². The van der Waals surface area contributed by atoms with Crippen molar-refractivity contribution in [3.63, 3.8) is 0 Å². The second-order valence-corrected chi connectivity index (χ2v) is 5.01. The van der Waals surface area contributed by atoms with Gasteiger partial charge in [0.15, 0.2) is 5.58 Å². The molecule has 24 heavy (non-hydrogen) atoms. The number of esters is 1. The molecule has 0 bridgehead atoms. The number of aromatic nitrogens is 1. The van der Waals surface area contributed by atoms with E-state index in [1.807, 2.05) is 0 Å². The minimum Gasteiger partial charge on any atom is -0.465 e. The van der Waals surface area contributed by atoms with Crippen LogP contribution in [0.3, 0.4) is 0 Å². The summed E-state index contributed by atoms with van der Waals surface area (Å²) in [6, 6.07) is 10.6. The fraction of sp³-hybridized carbons (Fsp3) is 0.125. The van der Waals surface area contributed by atoms with E-state index in [1.54, 1.807) is 24.3 Å². The summed E-state index contributed by atoms with van der Waals surface area (Å²) in [4.78, 5) is 34.2. The van der Waals surface area contributed by atoms with Crippen LogP contribution in [0.2, 0.25) is 0 Å². The van der Waals surface area contributed by atoms with Gasteiger partial charge in [-0.3, -0.25) is 14.7 Å². The van der Waals surface area contributed by atoms with Crippen LogP contribution in [0.1, 0.15) is 15.9 Å². The zero-order chi connectivity index (χ0) is 17.3. The Morgan fingerprint density at radius 2 is 2.04 bits per heavy atom. The predicted octanol–water partition coefficient (Wildman–Crippen LogP) is 2.34. The van der Waals surface area contributed by atoms with Crippen LogP contribution in [0.25, 0.3) is 11.1 Å². The monoisotopic (exact) mass is 328 g/mol. The number of nitro groups is 1. The molecule has 1 aromatic heterocycles. The Kier molecular flexibility index (Phi) is 3.87. The number of carbonyl (C=O) groups is 1. The molecule has 2 aromatic carbocycles. The fourth-order valence-electron chi connectivity index (χ4n) is 2.45. The van der Waals surface area contributed by atoms with Gasteiger partial charge in [0, 0.05) is 11.6 Å². The Balaban J connectivity index is 2.08. The highest BCUT2D eigenvalue weighted by Gasteiger charge is 2.17. The summed E-state index contributed by atoms with van der Waals surface area (Å²) in [5.41, 5.74) is 1.19. The Bertz CT molecular complexity index is 1000. The lowest BCUT2D eigenvalue weighted by Crippen LogP contribution is -2.15. The normalized spacial score (nSPS) is 10.7. The van der Waals surface area contributed by atoms with Gasteiger partial charge < -0.3 is 9.15 Å². The molecule has 0 saturated heterocycles. The van der Waals surface area contributed by atoms with Crippen LogP contribution < -0.4 is 5.76 Å². The molecule has 0 aliphatic heterocycles. The van der Waals surface area contributed by atoms with Crippen molar-refractivity contribution in [3.05, 3.63) is 74.3 Å². The molecule has 0 unspecified atom stereocenters. The number of carbonyl (C=O) groups excluding carboxylic acids is 1. The van der Waals surface area contributed by atoms with Gasteiger partial charge in [-0.2, -0.15) is 0 Å². The highest BCUT2D eigenvalue weighted by molar-refractivity contribution is 5.93. The Hall–Kier alpha value is -3.42. The van der Waals surface area contributed by atoms with E-state index in [0.29, 0.717) is 11.1 Å². The predicted molar refractivity (Wildman–Crippen MR) is 84.0 cm³/mol. The number of benzene rings is 2. The van der Waals surface area contributed by atoms with Gasteiger partial charge in [0.1, 0.15) is 0 Å². The highest BCUT2D eigenvalue weighted by atomic mass is 16.6. The summed E-state index contributed by atoms with van der Waals surface area (Å²) in [6.07, 6.45) is 0. The number of fused-ring (bicyclic) bond motifs is 1. The van der Waals surface area contributed by atoms with Gasteiger partial charge in [-0.25, -0.2) is 9.59 Å². The number of methoxy groups -OCH3 is 1. The van der Waals surface area contributed by atoms with Gasteiger partial charge in [0.2, 0.25) is 0 Å². The number of nitro benzene ring substituents is 1. The fourth-order valence-corrected chi connectivity index (χ4v) is 2.45. The van der Waals surface area contributed by atoms with E-state index in [9.17, 15) is 19.7 Å². The van der Waals surface area contributed by atoms with Crippen LogP contribution in [-0.4, -0.2) is 22.6 Å². The first-order chi connectivity index (χ1) is 11.5. The molecule has 0 aliphatic carbocycles. The molecule has 0 saturated carbocycles. The average molecular weight is 328 g/mol. The topological polar surface area (TPSA) is 105 Å². The highest BCUT2D eigenvalue weighted by Crippen LogP contribution is 2.21. The van der Waals surface area contributed by atoms with Gasteiger partial charge in [-0.15, -0.1) is 0 Å². The number of ether oxygens (including phenoxy) is 1. The van der Waals surface area contributed by atoms with Crippen molar-refractivity contribution in [2.24, 2.45) is 0 Å². The lowest BCUT2D eigenvalue weighted by molar-refractivity contribution is -0.385. The quantitative estimate of drug-likeness (QED) is 0.413. The number of nitrogens with zero attached hydrogens (tertiary/aromatic N) is 2. The minimum atomic E-state index is -0.662. The summed E-state index contributed by atoms with van der Waals surface area (Å²) in [5, 5.41) is 11.1. The maximum Gasteiger partial charge on any atom is 0.420 e. The zero-order valence-electron chi connectivity index (χ0n) is 12.6. The molecule has 0 N–H and O–H groups in total. The van der Waals surface area contributed by atoms with Crippen molar-refractivity contribution in [3.8, 4) is 0 Å². The molecule has 1 heterocycles. The summed E-state index contributed by atoms with van der Waals surface area (Å²) in [6.45, 7) is -0.0133. The van der Waals surface area contributed by atoms with Crippen molar-refractivity contribution in [2.45, 2.75) is 6.54 Å². The molecule has 3 aromatic rings. The molecule has 122 valence electrons. The van der Waals surface area contributed by atoms with Crippen molar-refractivity contribution in [1.29, 1.82) is 0 Å². The molecule has 0 radical (unpaired) electrons. The first kappa shape index (κ1) is 15.5. The average Bonchev–Trinajstić information content (AvgIpc) is 2.89. The first-order valence-corrected chi connectivity index (χ1v) is 6.95. The van der Waals surface area contributed by atoms with E-state index in [0.717, 1.165) is 0 Å². The van der Waals surface area contributed by atoms with Crippen LogP contribution in [0.15, 0.2) is 51.7 Å². The van der Waals surface area contributed by atoms with E-state index < -0.39 is 16.6 Å². The lowest BCUT2D eigenvalue weighted by Gasteiger charge is -2.04. The van der Waals surface area contributed by atoms with E-state index in [1.165, 1.54) is 29.9 Å². The van der Waals surface area contributed by atoms with Crippen LogP contribution in [0.4, 0.5) is 5.69 Å².